The zero-order valence-corrected chi connectivity index (χ0v) is 10.6. The Morgan fingerprint density at radius 1 is 1.24 bits per heavy atom. The second-order valence-electron chi connectivity index (χ2n) is 3.64. The van der Waals surface area contributed by atoms with Crippen LogP contribution in [0.25, 0.3) is 0 Å². The van der Waals surface area contributed by atoms with Gasteiger partial charge in [0.1, 0.15) is 16.9 Å². The second kappa shape index (κ2) is 4.60. The second-order valence-corrected chi connectivity index (χ2v) is 4.58. The molecule has 0 saturated heterocycles. The molecule has 0 N–H and O–H groups in total. The van der Waals surface area contributed by atoms with Crippen molar-refractivity contribution in [2.75, 3.05) is 0 Å². The molecule has 0 spiro atoms. The molecule has 0 unspecified atom stereocenters. The number of oxazole rings is 1. The lowest BCUT2D eigenvalue weighted by Crippen LogP contribution is -1.89. The highest BCUT2D eigenvalue weighted by Gasteiger charge is 2.12. The molecule has 0 aliphatic carbocycles. The van der Waals surface area contributed by atoms with Gasteiger partial charge in [-0.25, -0.2) is 9.97 Å². The molecule has 0 amide bonds. The summed E-state index contributed by atoms with van der Waals surface area (Å²) in [6.07, 6.45) is 0. The van der Waals surface area contributed by atoms with Crippen LogP contribution in [0.15, 0.2) is 26.8 Å². The summed E-state index contributed by atoms with van der Waals surface area (Å²) < 4.78 is 5.46. The standard InChI is InChI=1S/C12H11N3OS/c1-7-4-5-10(6-13)11(14-7)17-12-15-8(2)9(3)16-12/h4-5H,1-3H3. The van der Waals surface area contributed by atoms with E-state index in [1.54, 1.807) is 6.07 Å². The van der Waals surface area contributed by atoms with Crippen molar-refractivity contribution < 1.29 is 4.42 Å². The molecule has 86 valence electrons. The van der Waals surface area contributed by atoms with E-state index in [0.29, 0.717) is 15.8 Å². The van der Waals surface area contributed by atoms with Gasteiger partial charge in [-0.2, -0.15) is 5.26 Å². The van der Waals surface area contributed by atoms with E-state index in [4.69, 9.17) is 9.68 Å². The molecule has 2 aromatic heterocycles. The van der Waals surface area contributed by atoms with Crippen molar-refractivity contribution in [1.29, 1.82) is 5.26 Å². The summed E-state index contributed by atoms with van der Waals surface area (Å²) in [6, 6.07) is 5.68. The van der Waals surface area contributed by atoms with E-state index in [9.17, 15) is 0 Å². The molecule has 0 radical (unpaired) electrons. The van der Waals surface area contributed by atoms with Crippen molar-refractivity contribution in [1.82, 2.24) is 9.97 Å². The SMILES string of the molecule is Cc1ccc(C#N)c(Sc2nc(C)c(C)o2)n1. The smallest absolute Gasteiger partial charge is 0.262 e. The fourth-order valence-corrected chi connectivity index (χ4v) is 2.19. The molecule has 0 atom stereocenters. The molecule has 0 aliphatic heterocycles. The normalized spacial score (nSPS) is 10.2. The predicted octanol–water partition coefficient (Wildman–Crippen LogP) is 3.02. The van der Waals surface area contributed by atoms with E-state index in [1.807, 2.05) is 26.8 Å². The highest BCUT2D eigenvalue weighted by atomic mass is 32.2. The molecular weight excluding hydrogens is 234 g/mol. The first-order chi connectivity index (χ1) is 8.10. The third-order valence-electron chi connectivity index (χ3n) is 2.31. The lowest BCUT2D eigenvalue weighted by Gasteiger charge is -2.00. The number of aromatic nitrogens is 2. The third-order valence-corrected chi connectivity index (χ3v) is 3.17. The number of aryl methyl sites for hydroxylation is 3. The third kappa shape index (κ3) is 2.48. The van der Waals surface area contributed by atoms with Crippen LogP contribution in [0, 0.1) is 32.1 Å². The summed E-state index contributed by atoms with van der Waals surface area (Å²) >= 11 is 1.28. The lowest BCUT2D eigenvalue weighted by atomic mass is 10.3. The van der Waals surface area contributed by atoms with Crippen molar-refractivity contribution in [2.24, 2.45) is 0 Å². The molecule has 0 fully saturated rings. The average Bonchev–Trinajstić information content (AvgIpc) is 2.58. The summed E-state index contributed by atoms with van der Waals surface area (Å²) in [6.45, 7) is 5.64. The summed E-state index contributed by atoms with van der Waals surface area (Å²) in [5, 5.41) is 10.1. The van der Waals surface area contributed by atoms with E-state index < -0.39 is 0 Å². The Bertz CT molecular complexity index is 579. The maximum Gasteiger partial charge on any atom is 0.262 e. The van der Waals surface area contributed by atoms with Gasteiger partial charge in [0.05, 0.1) is 11.3 Å². The largest absolute Gasteiger partial charge is 0.436 e. The summed E-state index contributed by atoms with van der Waals surface area (Å²) in [4.78, 5) is 8.58. The van der Waals surface area contributed by atoms with Crippen molar-refractivity contribution in [3.8, 4) is 6.07 Å². The molecule has 0 saturated carbocycles. The quantitative estimate of drug-likeness (QED) is 0.813. The minimum Gasteiger partial charge on any atom is -0.436 e. The minimum absolute atomic E-state index is 0.523. The van der Waals surface area contributed by atoms with Gasteiger partial charge in [0.15, 0.2) is 0 Å². The van der Waals surface area contributed by atoms with Gasteiger partial charge >= 0.3 is 0 Å². The highest BCUT2D eigenvalue weighted by Crippen LogP contribution is 2.29. The van der Waals surface area contributed by atoms with Gasteiger partial charge in [0, 0.05) is 5.69 Å². The van der Waals surface area contributed by atoms with Crippen LogP contribution in [0.1, 0.15) is 22.7 Å². The predicted molar refractivity (Wildman–Crippen MR) is 63.8 cm³/mol. The Balaban J connectivity index is 2.35. The summed E-state index contributed by atoms with van der Waals surface area (Å²) in [7, 11) is 0. The zero-order chi connectivity index (χ0) is 12.4. The van der Waals surface area contributed by atoms with Crippen LogP contribution in [0.3, 0.4) is 0 Å². The van der Waals surface area contributed by atoms with Crippen molar-refractivity contribution in [3.05, 3.63) is 34.8 Å². The number of nitriles is 1. The molecule has 2 aromatic rings. The van der Waals surface area contributed by atoms with Crippen LogP contribution < -0.4 is 0 Å². The average molecular weight is 245 g/mol. The van der Waals surface area contributed by atoms with Crippen LogP contribution in [0.5, 0.6) is 0 Å². The van der Waals surface area contributed by atoms with Crippen LogP contribution in [-0.2, 0) is 0 Å². The van der Waals surface area contributed by atoms with Gasteiger partial charge in [0.2, 0.25) is 0 Å². The van der Waals surface area contributed by atoms with E-state index in [-0.39, 0.29) is 0 Å². The molecule has 4 nitrogen and oxygen atoms in total. The van der Waals surface area contributed by atoms with Crippen LogP contribution in [-0.4, -0.2) is 9.97 Å². The monoisotopic (exact) mass is 245 g/mol. The molecule has 0 aromatic carbocycles. The fourth-order valence-electron chi connectivity index (χ4n) is 1.27. The van der Waals surface area contributed by atoms with Gasteiger partial charge in [0.25, 0.3) is 5.22 Å². The maximum absolute atomic E-state index is 8.99. The van der Waals surface area contributed by atoms with Gasteiger partial charge in [-0.1, -0.05) is 0 Å². The molecular formula is C12H11N3OS. The number of hydrogen-bond donors (Lipinski definition) is 0. The number of pyridine rings is 1. The minimum atomic E-state index is 0.523. The number of nitrogens with zero attached hydrogens (tertiary/aromatic N) is 3. The Morgan fingerprint density at radius 2 is 2.00 bits per heavy atom. The first-order valence-electron chi connectivity index (χ1n) is 5.10. The van der Waals surface area contributed by atoms with Crippen LogP contribution in [0.4, 0.5) is 0 Å². The van der Waals surface area contributed by atoms with Crippen molar-refractivity contribution in [3.63, 3.8) is 0 Å². The number of hydrogen-bond acceptors (Lipinski definition) is 5. The molecule has 17 heavy (non-hydrogen) atoms. The molecule has 0 bridgehead atoms. The van der Waals surface area contributed by atoms with E-state index in [0.717, 1.165) is 17.1 Å². The van der Waals surface area contributed by atoms with Gasteiger partial charge in [-0.3, -0.25) is 0 Å². The molecule has 2 heterocycles. The summed E-state index contributed by atoms with van der Waals surface area (Å²) in [5.41, 5.74) is 2.26. The zero-order valence-electron chi connectivity index (χ0n) is 9.81. The highest BCUT2D eigenvalue weighted by molar-refractivity contribution is 7.99. The Hall–Kier alpha value is -1.80. The van der Waals surface area contributed by atoms with Crippen molar-refractivity contribution >= 4 is 11.8 Å². The van der Waals surface area contributed by atoms with E-state index >= 15 is 0 Å². The molecule has 5 heteroatoms. The van der Waals surface area contributed by atoms with E-state index in [1.165, 1.54) is 11.8 Å². The van der Waals surface area contributed by atoms with Crippen LogP contribution >= 0.6 is 11.8 Å². The Labute approximate surface area is 104 Å². The topological polar surface area (TPSA) is 62.7 Å². The van der Waals surface area contributed by atoms with E-state index in [2.05, 4.69) is 16.0 Å². The summed E-state index contributed by atoms with van der Waals surface area (Å²) in [5.74, 6) is 0.790. The Morgan fingerprint density at radius 3 is 2.59 bits per heavy atom. The maximum atomic E-state index is 8.99. The van der Waals surface area contributed by atoms with Gasteiger partial charge in [-0.05, 0) is 44.7 Å². The molecule has 2 rings (SSSR count). The van der Waals surface area contributed by atoms with Gasteiger partial charge in [-0.15, -0.1) is 0 Å². The van der Waals surface area contributed by atoms with Crippen molar-refractivity contribution in [2.45, 2.75) is 31.0 Å². The Kier molecular flexibility index (Phi) is 3.16. The number of rotatable bonds is 2. The van der Waals surface area contributed by atoms with Crippen LogP contribution in [0.2, 0.25) is 0 Å². The lowest BCUT2D eigenvalue weighted by molar-refractivity contribution is 0.431. The fraction of sp³-hybridized carbons (Fsp3) is 0.250. The van der Waals surface area contributed by atoms with Gasteiger partial charge < -0.3 is 4.42 Å². The first kappa shape index (κ1) is 11.7. The molecule has 0 aliphatic rings. The first-order valence-corrected chi connectivity index (χ1v) is 5.91.